The summed E-state index contributed by atoms with van der Waals surface area (Å²) >= 11 is 0. The fourth-order valence-corrected chi connectivity index (χ4v) is 3.27. The molecule has 0 bridgehead atoms. The highest BCUT2D eigenvalue weighted by Gasteiger charge is 2.41. The largest absolute Gasteiger partial charge is 0.360 e. The second kappa shape index (κ2) is 3.25. The van der Waals surface area contributed by atoms with Gasteiger partial charge in [0.15, 0.2) is 0 Å². The predicted molar refractivity (Wildman–Crippen MR) is 78.1 cm³/mol. The third kappa shape index (κ3) is 1.23. The number of fused-ring (bicyclic) bond motifs is 7. The van der Waals surface area contributed by atoms with Crippen LogP contribution in [-0.4, -0.2) is 6.10 Å². The van der Waals surface area contributed by atoms with Crippen molar-refractivity contribution in [1.29, 1.82) is 0 Å². The summed E-state index contributed by atoms with van der Waals surface area (Å²) in [4.78, 5) is 0. The molecule has 1 fully saturated rings. The monoisotopic (exact) mass is 244 g/mol. The summed E-state index contributed by atoms with van der Waals surface area (Å²) in [7, 11) is 0. The van der Waals surface area contributed by atoms with E-state index in [1.165, 1.54) is 32.7 Å². The van der Waals surface area contributed by atoms with Crippen LogP contribution in [0.5, 0.6) is 0 Å². The Balaban J connectivity index is 1.95. The molecule has 5 rings (SSSR count). The van der Waals surface area contributed by atoms with Crippen molar-refractivity contribution < 1.29 is 4.74 Å². The van der Waals surface area contributed by atoms with Gasteiger partial charge in [0.2, 0.25) is 0 Å². The summed E-state index contributed by atoms with van der Waals surface area (Å²) in [6, 6.07) is 17.5. The van der Waals surface area contributed by atoms with E-state index < -0.39 is 0 Å². The van der Waals surface area contributed by atoms with Crippen LogP contribution in [-0.2, 0) is 4.74 Å². The van der Waals surface area contributed by atoms with Gasteiger partial charge in [-0.15, -0.1) is 0 Å². The molecule has 1 aliphatic heterocycles. The van der Waals surface area contributed by atoms with Crippen molar-refractivity contribution in [1.82, 2.24) is 0 Å². The van der Waals surface area contributed by atoms with Gasteiger partial charge in [-0.05, 0) is 32.7 Å². The maximum atomic E-state index is 5.65. The van der Waals surface area contributed by atoms with Crippen LogP contribution in [0.1, 0.15) is 17.2 Å². The SMILES string of the molecule is C1=CC2OC2c2ccc3c(ccc4ccccc43)c21. The smallest absolute Gasteiger partial charge is 0.114 e. The quantitative estimate of drug-likeness (QED) is 0.420. The van der Waals surface area contributed by atoms with Crippen molar-refractivity contribution in [2.45, 2.75) is 12.2 Å². The molecule has 1 saturated heterocycles. The molecule has 1 nitrogen and oxygen atoms in total. The first-order valence-electron chi connectivity index (χ1n) is 6.70. The molecule has 0 amide bonds. The topological polar surface area (TPSA) is 12.5 Å². The average molecular weight is 244 g/mol. The summed E-state index contributed by atoms with van der Waals surface area (Å²) in [5, 5.41) is 5.30. The molecule has 0 spiro atoms. The second-order valence-electron chi connectivity index (χ2n) is 5.33. The highest BCUT2D eigenvalue weighted by atomic mass is 16.6. The molecule has 2 atom stereocenters. The number of hydrogen-bond donors (Lipinski definition) is 0. The van der Waals surface area contributed by atoms with Crippen LogP contribution < -0.4 is 0 Å². The molecule has 2 aliphatic rings. The van der Waals surface area contributed by atoms with E-state index in [2.05, 4.69) is 60.7 Å². The lowest BCUT2D eigenvalue weighted by atomic mass is 9.90. The van der Waals surface area contributed by atoms with Crippen LogP contribution in [0.25, 0.3) is 27.6 Å². The molecule has 19 heavy (non-hydrogen) atoms. The minimum absolute atomic E-state index is 0.302. The summed E-state index contributed by atoms with van der Waals surface area (Å²) < 4.78 is 5.65. The molecule has 2 unspecified atom stereocenters. The van der Waals surface area contributed by atoms with Gasteiger partial charge < -0.3 is 4.74 Å². The first-order chi connectivity index (χ1) is 9.42. The van der Waals surface area contributed by atoms with Gasteiger partial charge in [0.25, 0.3) is 0 Å². The molecular weight excluding hydrogens is 232 g/mol. The van der Waals surface area contributed by atoms with Gasteiger partial charge in [0, 0.05) is 0 Å². The number of ether oxygens (including phenoxy) is 1. The van der Waals surface area contributed by atoms with Crippen LogP contribution in [0.15, 0.2) is 54.6 Å². The second-order valence-corrected chi connectivity index (χ2v) is 5.33. The number of benzene rings is 3. The van der Waals surface area contributed by atoms with E-state index in [4.69, 9.17) is 4.74 Å². The van der Waals surface area contributed by atoms with E-state index in [1.54, 1.807) is 0 Å². The number of hydrogen-bond acceptors (Lipinski definition) is 1. The Labute approximate surface area is 111 Å². The minimum Gasteiger partial charge on any atom is -0.360 e. The standard InChI is InChI=1S/C18H12O/c1-2-4-12-11(3-1)5-6-14-13(12)7-8-16-15(14)9-10-17-18(16)19-17/h1-10,17-18H. The van der Waals surface area contributed by atoms with Gasteiger partial charge in [0.05, 0.1) is 0 Å². The van der Waals surface area contributed by atoms with E-state index in [1.807, 2.05) is 0 Å². The van der Waals surface area contributed by atoms with Crippen LogP contribution in [0.3, 0.4) is 0 Å². The van der Waals surface area contributed by atoms with E-state index >= 15 is 0 Å². The van der Waals surface area contributed by atoms with Crippen molar-refractivity contribution in [3.8, 4) is 0 Å². The predicted octanol–water partition coefficient (Wildman–Crippen LogP) is 4.46. The lowest BCUT2D eigenvalue weighted by Gasteiger charge is -2.12. The lowest BCUT2D eigenvalue weighted by molar-refractivity contribution is 0.395. The third-order valence-corrected chi connectivity index (χ3v) is 4.29. The lowest BCUT2D eigenvalue weighted by Crippen LogP contribution is -1.96. The molecule has 0 saturated carbocycles. The van der Waals surface area contributed by atoms with E-state index in [9.17, 15) is 0 Å². The highest BCUT2D eigenvalue weighted by molar-refractivity contribution is 6.10. The zero-order valence-corrected chi connectivity index (χ0v) is 10.3. The van der Waals surface area contributed by atoms with Crippen molar-refractivity contribution >= 4 is 27.6 Å². The Hall–Kier alpha value is -2.12. The molecule has 0 aromatic heterocycles. The average Bonchev–Trinajstić information content (AvgIpc) is 3.26. The van der Waals surface area contributed by atoms with Crippen LogP contribution >= 0.6 is 0 Å². The van der Waals surface area contributed by atoms with E-state index in [0.29, 0.717) is 12.2 Å². The van der Waals surface area contributed by atoms with Crippen molar-refractivity contribution in [2.24, 2.45) is 0 Å². The Morgan fingerprint density at radius 3 is 2.68 bits per heavy atom. The summed E-state index contributed by atoms with van der Waals surface area (Å²) in [6.45, 7) is 0. The summed E-state index contributed by atoms with van der Waals surface area (Å²) in [6.07, 6.45) is 5.03. The number of rotatable bonds is 0. The molecule has 1 heterocycles. The molecule has 90 valence electrons. The molecule has 1 heteroatoms. The molecule has 3 aromatic rings. The fraction of sp³-hybridized carbons (Fsp3) is 0.111. The molecule has 3 aromatic carbocycles. The van der Waals surface area contributed by atoms with Gasteiger partial charge in [0.1, 0.15) is 12.2 Å². The zero-order chi connectivity index (χ0) is 12.4. The zero-order valence-electron chi connectivity index (χ0n) is 10.3. The van der Waals surface area contributed by atoms with Crippen LogP contribution in [0.4, 0.5) is 0 Å². The Morgan fingerprint density at radius 2 is 1.68 bits per heavy atom. The Morgan fingerprint density at radius 1 is 0.789 bits per heavy atom. The number of epoxide rings is 1. The van der Waals surface area contributed by atoms with E-state index in [0.717, 1.165) is 0 Å². The van der Waals surface area contributed by atoms with Gasteiger partial charge in [-0.1, -0.05) is 60.7 Å². The van der Waals surface area contributed by atoms with E-state index in [-0.39, 0.29) is 0 Å². The van der Waals surface area contributed by atoms with Gasteiger partial charge in [-0.2, -0.15) is 0 Å². The molecule has 0 N–H and O–H groups in total. The Kier molecular flexibility index (Phi) is 1.67. The van der Waals surface area contributed by atoms with Crippen molar-refractivity contribution in [3.05, 3.63) is 65.7 Å². The normalized spacial score (nSPS) is 23.4. The molecule has 0 radical (unpaired) electrons. The van der Waals surface area contributed by atoms with Gasteiger partial charge in [-0.3, -0.25) is 0 Å². The maximum absolute atomic E-state index is 5.65. The van der Waals surface area contributed by atoms with Gasteiger partial charge in [-0.25, -0.2) is 0 Å². The van der Waals surface area contributed by atoms with Crippen molar-refractivity contribution in [2.75, 3.05) is 0 Å². The highest BCUT2D eigenvalue weighted by Crippen LogP contribution is 2.47. The van der Waals surface area contributed by atoms with Crippen LogP contribution in [0, 0.1) is 0 Å². The fourth-order valence-electron chi connectivity index (χ4n) is 3.27. The van der Waals surface area contributed by atoms with Crippen LogP contribution in [0.2, 0.25) is 0 Å². The molecular formula is C18H12O. The van der Waals surface area contributed by atoms with Gasteiger partial charge >= 0.3 is 0 Å². The minimum atomic E-state index is 0.302. The third-order valence-electron chi connectivity index (χ3n) is 4.29. The molecule has 1 aliphatic carbocycles. The summed E-state index contributed by atoms with van der Waals surface area (Å²) in [5.74, 6) is 0. The first-order valence-corrected chi connectivity index (χ1v) is 6.70. The Bertz CT molecular complexity index is 860. The first kappa shape index (κ1) is 9.76. The summed E-state index contributed by atoms with van der Waals surface area (Å²) in [5.41, 5.74) is 2.68. The maximum Gasteiger partial charge on any atom is 0.114 e. The van der Waals surface area contributed by atoms with Crippen molar-refractivity contribution in [3.63, 3.8) is 0 Å².